The molecule has 3 rings (SSSR count). The first-order chi connectivity index (χ1) is 13.5. The molecule has 9 heteroatoms. The summed E-state index contributed by atoms with van der Waals surface area (Å²) in [6, 6.07) is 14.1. The van der Waals surface area contributed by atoms with E-state index < -0.39 is 24.4 Å². The Hall–Kier alpha value is -4.32. The molecule has 0 radical (unpaired) electrons. The van der Waals surface area contributed by atoms with E-state index in [0.717, 1.165) is 0 Å². The van der Waals surface area contributed by atoms with Crippen LogP contribution in [0.4, 0.5) is 10.5 Å². The number of hydrogen-bond acceptors (Lipinski definition) is 6. The van der Waals surface area contributed by atoms with Gasteiger partial charge in [0.25, 0.3) is 0 Å². The molecule has 2 amide bonds. The predicted octanol–water partition coefficient (Wildman–Crippen LogP) is 2.70. The highest BCUT2D eigenvalue weighted by Crippen LogP contribution is 2.19. The van der Waals surface area contributed by atoms with Gasteiger partial charge in [0, 0.05) is 5.69 Å². The van der Waals surface area contributed by atoms with Crippen LogP contribution in [0, 0.1) is 11.3 Å². The maximum Gasteiger partial charge on any atom is 0.338 e. The number of carbonyl (C=O) groups excluding carboxylic acids is 2. The van der Waals surface area contributed by atoms with E-state index in [-0.39, 0.29) is 17.0 Å². The molecule has 0 unspecified atom stereocenters. The summed E-state index contributed by atoms with van der Waals surface area (Å²) in [5.41, 5.74) is 6.85. The lowest BCUT2D eigenvalue weighted by Gasteiger charge is -2.06. The number of rotatable bonds is 5. The van der Waals surface area contributed by atoms with Gasteiger partial charge in [-0.1, -0.05) is 12.1 Å². The van der Waals surface area contributed by atoms with Gasteiger partial charge < -0.3 is 25.9 Å². The van der Waals surface area contributed by atoms with Crippen LogP contribution in [0.2, 0.25) is 0 Å². The molecule has 0 aliphatic heterocycles. The van der Waals surface area contributed by atoms with E-state index in [2.05, 4.69) is 15.3 Å². The molecule has 0 spiro atoms. The van der Waals surface area contributed by atoms with Gasteiger partial charge in [-0.05, 0) is 36.4 Å². The molecule has 3 aromatic rings. The van der Waals surface area contributed by atoms with Crippen LogP contribution in [0.25, 0.3) is 16.6 Å². The highest BCUT2D eigenvalue weighted by atomic mass is 16.5. The Morgan fingerprint density at radius 2 is 1.93 bits per heavy atom. The van der Waals surface area contributed by atoms with E-state index in [1.54, 1.807) is 18.2 Å². The number of allylic oxidation sites excluding steroid dienone is 1. The number of fused-ring (bicyclic) bond motifs is 1. The van der Waals surface area contributed by atoms with Gasteiger partial charge in [0.05, 0.1) is 16.6 Å². The quantitative estimate of drug-likeness (QED) is 0.304. The molecular weight excluding hydrogens is 362 g/mol. The summed E-state index contributed by atoms with van der Waals surface area (Å²) in [6.07, 6.45) is 0. The highest BCUT2D eigenvalue weighted by molar-refractivity contribution is 5.92. The number of ether oxygens (including phenoxy) is 1. The van der Waals surface area contributed by atoms with E-state index in [4.69, 9.17) is 10.5 Å². The van der Waals surface area contributed by atoms with Crippen molar-refractivity contribution in [1.82, 2.24) is 9.97 Å². The second-order valence-corrected chi connectivity index (χ2v) is 5.68. The van der Waals surface area contributed by atoms with Gasteiger partial charge in [0.1, 0.15) is 18.2 Å². The lowest BCUT2D eigenvalue weighted by molar-refractivity contribution is 0.0503. The third-order valence-electron chi connectivity index (χ3n) is 3.75. The van der Waals surface area contributed by atoms with Crippen molar-refractivity contribution in [2.75, 3.05) is 11.9 Å². The smallest absolute Gasteiger partial charge is 0.338 e. The lowest BCUT2D eigenvalue weighted by Crippen LogP contribution is -2.19. The number of hydrogen-bond donors (Lipinski definition) is 4. The molecule has 0 fully saturated rings. The molecular formula is C19H15N5O4. The standard InChI is InChI=1S/C19H15N5O4/c20-9-13(17-23-14-3-1-2-4-15(14)24-17)16(25)10-28-18(26)11-5-7-12(8-6-11)22-19(21)27/h1-8,25H,10H2,(H,23,24)(H3,21,22,27)/b16-13-. The monoisotopic (exact) mass is 377 g/mol. The number of amides is 2. The number of nitrogens with one attached hydrogen (secondary N) is 2. The van der Waals surface area contributed by atoms with Crippen molar-refractivity contribution in [3.63, 3.8) is 0 Å². The summed E-state index contributed by atoms with van der Waals surface area (Å²) >= 11 is 0. The zero-order chi connectivity index (χ0) is 20.1. The summed E-state index contributed by atoms with van der Waals surface area (Å²) in [6.45, 7) is -0.500. The Morgan fingerprint density at radius 1 is 1.21 bits per heavy atom. The molecule has 0 atom stereocenters. The fourth-order valence-electron chi connectivity index (χ4n) is 2.45. The van der Waals surface area contributed by atoms with Crippen LogP contribution >= 0.6 is 0 Å². The van der Waals surface area contributed by atoms with Crippen LogP contribution < -0.4 is 11.1 Å². The molecule has 0 saturated carbocycles. The minimum Gasteiger partial charge on any atom is -0.507 e. The number of H-pyrrole nitrogens is 1. The van der Waals surface area contributed by atoms with E-state index in [9.17, 15) is 20.0 Å². The number of nitrogens with two attached hydrogens (primary N) is 1. The Kier molecular flexibility index (Phi) is 5.23. The summed E-state index contributed by atoms with van der Waals surface area (Å²) in [5, 5.41) is 21.9. The normalized spacial score (nSPS) is 11.4. The summed E-state index contributed by atoms with van der Waals surface area (Å²) < 4.78 is 5.04. The van der Waals surface area contributed by atoms with Gasteiger partial charge in [0.2, 0.25) is 0 Å². The number of imidazole rings is 1. The minimum absolute atomic E-state index is 0.120. The molecule has 1 heterocycles. The number of para-hydroxylation sites is 2. The molecule has 0 saturated heterocycles. The highest BCUT2D eigenvalue weighted by Gasteiger charge is 2.15. The lowest BCUT2D eigenvalue weighted by atomic mass is 10.2. The topological polar surface area (TPSA) is 154 Å². The third-order valence-corrected chi connectivity index (χ3v) is 3.75. The van der Waals surface area contributed by atoms with Crippen molar-refractivity contribution in [3.8, 4) is 6.07 Å². The zero-order valence-corrected chi connectivity index (χ0v) is 14.5. The van der Waals surface area contributed by atoms with Gasteiger partial charge in [0.15, 0.2) is 11.6 Å². The predicted molar refractivity (Wildman–Crippen MR) is 101 cm³/mol. The van der Waals surface area contributed by atoms with Crippen molar-refractivity contribution in [3.05, 3.63) is 65.7 Å². The van der Waals surface area contributed by atoms with Crippen molar-refractivity contribution in [2.24, 2.45) is 5.73 Å². The number of aromatic amines is 1. The zero-order valence-electron chi connectivity index (χ0n) is 14.5. The van der Waals surface area contributed by atoms with Crippen molar-refractivity contribution in [1.29, 1.82) is 5.26 Å². The third kappa shape index (κ3) is 4.08. The van der Waals surface area contributed by atoms with Crippen LogP contribution in [-0.4, -0.2) is 33.7 Å². The largest absolute Gasteiger partial charge is 0.507 e. The number of nitriles is 1. The fourth-order valence-corrected chi connectivity index (χ4v) is 2.45. The van der Waals surface area contributed by atoms with Gasteiger partial charge in [-0.15, -0.1) is 0 Å². The molecule has 0 aliphatic rings. The Bertz CT molecular complexity index is 1080. The minimum atomic E-state index is -0.722. The number of anilines is 1. The van der Waals surface area contributed by atoms with Crippen molar-refractivity contribution < 1.29 is 19.4 Å². The van der Waals surface area contributed by atoms with Gasteiger partial charge in [-0.3, -0.25) is 0 Å². The Morgan fingerprint density at radius 3 is 2.57 bits per heavy atom. The Labute approximate surface area is 159 Å². The second-order valence-electron chi connectivity index (χ2n) is 5.68. The number of benzene rings is 2. The number of aliphatic hydroxyl groups excluding tert-OH is 1. The first-order valence-electron chi connectivity index (χ1n) is 8.09. The molecule has 9 nitrogen and oxygen atoms in total. The van der Waals surface area contributed by atoms with Crippen molar-refractivity contribution >= 4 is 34.3 Å². The SMILES string of the molecule is N#C/C(=C(/O)COC(=O)c1ccc(NC(N)=O)cc1)c1nc2ccccc2[nH]1. The van der Waals surface area contributed by atoms with Gasteiger partial charge >= 0.3 is 12.0 Å². The summed E-state index contributed by atoms with van der Waals surface area (Å²) in [4.78, 5) is 30.1. The van der Waals surface area contributed by atoms with E-state index in [1.165, 1.54) is 24.3 Å². The summed E-state index contributed by atoms with van der Waals surface area (Å²) in [7, 11) is 0. The maximum absolute atomic E-state index is 12.1. The number of carbonyl (C=O) groups is 2. The molecule has 2 aromatic carbocycles. The first-order valence-corrected chi connectivity index (χ1v) is 8.09. The first kappa shape index (κ1) is 18.5. The molecule has 5 N–H and O–H groups in total. The molecule has 1 aromatic heterocycles. The van der Waals surface area contributed by atoms with Gasteiger partial charge in [-0.25, -0.2) is 14.6 Å². The summed E-state index contributed by atoms with van der Waals surface area (Å²) in [5.74, 6) is -0.958. The van der Waals surface area contributed by atoms with E-state index in [1.807, 2.05) is 12.1 Å². The van der Waals surface area contributed by atoms with Crippen LogP contribution in [0.15, 0.2) is 54.3 Å². The number of aliphatic hydroxyl groups is 1. The van der Waals surface area contributed by atoms with Crippen LogP contribution in [0.1, 0.15) is 16.2 Å². The van der Waals surface area contributed by atoms with E-state index in [0.29, 0.717) is 16.7 Å². The maximum atomic E-state index is 12.1. The van der Waals surface area contributed by atoms with E-state index >= 15 is 0 Å². The number of primary amides is 1. The van der Waals surface area contributed by atoms with Gasteiger partial charge in [-0.2, -0.15) is 5.26 Å². The number of nitrogens with zero attached hydrogens (tertiary/aromatic N) is 2. The fraction of sp³-hybridized carbons (Fsp3) is 0.0526. The molecule has 28 heavy (non-hydrogen) atoms. The number of esters is 1. The molecule has 140 valence electrons. The number of aromatic nitrogens is 2. The van der Waals surface area contributed by atoms with Crippen LogP contribution in [0.3, 0.4) is 0 Å². The molecule has 0 bridgehead atoms. The molecule has 0 aliphatic carbocycles. The number of urea groups is 1. The van der Waals surface area contributed by atoms with Crippen LogP contribution in [0.5, 0.6) is 0 Å². The van der Waals surface area contributed by atoms with Crippen molar-refractivity contribution in [2.45, 2.75) is 0 Å². The average molecular weight is 377 g/mol. The average Bonchev–Trinajstić information content (AvgIpc) is 3.10. The van der Waals surface area contributed by atoms with Crippen LogP contribution in [-0.2, 0) is 4.74 Å². The Balaban J connectivity index is 1.71. The second kappa shape index (κ2) is 7.92.